The maximum Gasteiger partial charge on any atom is 0.0547 e. The van der Waals surface area contributed by atoms with Gasteiger partial charge in [0.1, 0.15) is 0 Å². The maximum absolute atomic E-state index is 6.18. The highest BCUT2D eigenvalue weighted by atomic mass is 16.5. The number of rotatable bonds is 21. The number of hydrogen-bond acceptors (Lipinski definition) is 6. The molecule has 0 saturated carbocycles. The van der Waals surface area contributed by atoms with Crippen LogP contribution in [0.5, 0.6) is 0 Å². The summed E-state index contributed by atoms with van der Waals surface area (Å²) in [7, 11) is 0. The Bertz CT molecular complexity index is 382. The van der Waals surface area contributed by atoms with Gasteiger partial charge in [-0.3, -0.25) is 0 Å². The average molecular weight is 446 g/mol. The molecule has 0 spiro atoms. The topological polar surface area (TPSA) is 63.8 Å². The van der Waals surface area contributed by atoms with E-state index in [4.69, 9.17) is 14.2 Å². The van der Waals surface area contributed by atoms with Gasteiger partial charge in [0.2, 0.25) is 0 Å². The minimum atomic E-state index is 0.256. The van der Waals surface area contributed by atoms with Gasteiger partial charge in [-0.15, -0.1) is 0 Å². The second-order valence-electron chi connectivity index (χ2n) is 9.93. The standard InChI is InChI=1S/C25H55N3O3/c1-10-29-16-24(13-26-19(2)3)14-28-22(8)11-12-23(9)31-18-25(15-27-20(4)5)17-30-21(6)7/h19-28H,10-18H2,1-9H3. The maximum atomic E-state index is 6.18. The zero-order valence-corrected chi connectivity index (χ0v) is 22.1. The summed E-state index contributed by atoms with van der Waals surface area (Å²) < 4.78 is 17.7. The van der Waals surface area contributed by atoms with Crippen molar-refractivity contribution in [1.29, 1.82) is 0 Å². The fraction of sp³-hybridized carbons (Fsp3) is 1.00. The Balaban J connectivity index is 4.22. The summed E-state index contributed by atoms with van der Waals surface area (Å²) in [6.07, 6.45) is 2.68. The second-order valence-corrected chi connectivity index (χ2v) is 9.93. The van der Waals surface area contributed by atoms with Gasteiger partial charge in [-0.1, -0.05) is 27.7 Å². The summed E-state index contributed by atoms with van der Waals surface area (Å²) in [5.74, 6) is 0.879. The van der Waals surface area contributed by atoms with Gasteiger partial charge in [0, 0.05) is 56.2 Å². The number of nitrogens with one attached hydrogen (secondary N) is 3. The van der Waals surface area contributed by atoms with Crippen LogP contribution in [-0.2, 0) is 14.2 Å². The van der Waals surface area contributed by atoms with Gasteiger partial charge < -0.3 is 30.2 Å². The number of ether oxygens (including phenoxy) is 3. The fourth-order valence-electron chi connectivity index (χ4n) is 3.11. The first kappa shape index (κ1) is 30.8. The van der Waals surface area contributed by atoms with Crippen molar-refractivity contribution in [3.63, 3.8) is 0 Å². The van der Waals surface area contributed by atoms with Crippen LogP contribution in [0.2, 0.25) is 0 Å². The van der Waals surface area contributed by atoms with E-state index in [1.165, 1.54) is 0 Å². The molecular formula is C25H55N3O3. The lowest BCUT2D eigenvalue weighted by Gasteiger charge is -2.24. The monoisotopic (exact) mass is 445 g/mol. The van der Waals surface area contributed by atoms with E-state index < -0.39 is 0 Å². The van der Waals surface area contributed by atoms with Crippen LogP contribution in [0.4, 0.5) is 0 Å². The summed E-state index contributed by atoms with van der Waals surface area (Å²) >= 11 is 0. The molecule has 0 radical (unpaired) electrons. The lowest BCUT2D eigenvalue weighted by Crippen LogP contribution is -2.39. The Morgan fingerprint density at radius 1 is 0.613 bits per heavy atom. The predicted molar refractivity (Wildman–Crippen MR) is 133 cm³/mol. The molecule has 0 aliphatic carbocycles. The van der Waals surface area contributed by atoms with Gasteiger partial charge in [-0.05, 0) is 47.5 Å². The van der Waals surface area contributed by atoms with Crippen molar-refractivity contribution in [2.24, 2.45) is 11.8 Å². The smallest absolute Gasteiger partial charge is 0.0547 e. The van der Waals surface area contributed by atoms with Crippen molar-refractivity contribution >= 4 is 0 Å². The van der Waals surface area contributed by atoms with Crippen molar-refractivity contribution in [2.45, 2.75) is 105 Å². The Morgan fingerprint density at radius 3 is 1.71 bits per heavy atom. The van der Waals surface area contributed by atoms with Crippen molar-refractivity contribution in [3.8, 4) is 0 Å². The molecule has 0 aliphatic rings. The Labute approximate surface area is 193 Å². The second kappa shape index (κ2) is 19.2. The Kier molecular flexibility index (Phi) is 19.1. The molecule has 0 fully saturated rings. The normalized spacial score (nSPS) is 16.3. The molecule has 6 nitrogen and oxygen atoms in total. The molecule has 0 aromatic rings. The minimum absolute atomic E-state index is 0.256. The van der Waals surface area contributed by atoms with Crippen LogP contribution < -0.4 is 16.0 Å². The average Bonchev–Trinajstić information content (AvgIpc) is 2.70. The highest BCUT2D eigenvalue weighted by Crippen LogP contribution is 2.09. The molecule has 31 heavy (non-hydrogen) atoms. The van der Waals surface area contributed by atoms with Crippen LogP contribution in [0.15, 0.2) is 0 Å². The highest BCUT2D eigenvalue weighted by Gasteiger charge is 2.15. The SMILES string of the molecule is CCOCC(CNC(C)C)CNC(C)CCC(C)OCC(CNC(C)C)COC(C)C. The van der Waals surface area contributed by atoms with Crippen LogP contribution in [-0.4, -0.2) is 76.4 Å². The largest absolute Gasteiger partial charge is 0.381 e. The molecule has 0 saturated heterocycles. The van der Waals surface area contributed by atoms with Gasteiger partial charge in [0.05, 0.1) is 32.0 Å². The van der Waals surface area contributed by atoms with Crippen molar-refractivity contribution in [1.82, 2.24) is 16.0 Å². The van der Waals surface area contributed by atoms with Gasteiger partial charge in [0.25, 0.3) is 0 Å². The molecule has 0 rings (SSSR count). The van der Waals surface area contributed by atoms with Crippen molar-refractivity contribution in [3.05, 3.63) is 0 Å². The van der Waals surface area contributed by atoms with Gasteiger partial charge in [0.15, 0.2) is 0 Å². The first-order valence-electron chi connectivity index (χ1n) is 12.6. The van der Waals surface area contributed by atoms with E-state index in [0.29, 0.717) is 30.0 Å². The van der Waals surface area contributed by atoms with E-state index in [-0.39, 0.29) is 12.2 Å². The van der Waals surface area contributed by atoms with E-state index in [0.717, 1.165) is 58.9 Å². The molecule has 0 amide bonds. The van der Waals surface area contributed by atoms with Crippen LogP contribution in [0.1, 0.15) is 75.2 Å². The van der Waals surface area contributed by atoms with Gasteiger partial charge in [-0.2, -0.15) is 0 Å². The van der Waals surface area contributed by atoms with Crippen molar-refractivity contribution < 1.29 is 14.2 Å². The molecule has 188 valence electrons. The summed E-state index contributed by atoms with van der Waals surface area (Å²) in [5, 5.41) is 10.7. The number of hydrogen-bond donors (Lipinski definition) is 3. The zero-order chi connectivity index (χ0) is 23.6. The molecule has 0 heterocycles. The van der Waals surface area contributed by atoms with Gasteiger partial charge >= 0.3 is 0 Å². The molecule has 6 heteroatoms. The van der Waals surface area contributed by atoms with E-state index in [2.05, 4.69) is 78.3 Å². The van der Waals surface area contributed by atoms with Crippen LogP contribution >= 0.6 is 0 Å². The van der Waals surface area contributed by atoms with E-state index >= 15 is 0 Å². The molecule has 4 unspecified atom stereocenters. The molecule has 0 aliphatic heterocycles. The molecule has 0 aromatic carbocycles. The third-order valence-electron chi connectivity index (χ3n) is 5.23. The highest BCUT2D eigenvalue weighted by molar-refractivity contribution is 4.71. The zero-order valence-electron chi connectivity index (χ0n) is 22.1. The lowest BCUT2D eigenvalue weighted by atomic mass is 10.1. The molecule has 0 aromatic heterocycles. The first-order valence-corrected chi connectivity index (χ1v) is 12.6. The summed E-state index contributed by atoms with van der Waals surface area (Å²) in [5.41, 5.74) is 0. The van der Waals surface area contributed by atoms with Gasteiger partial charge in [-0.25, -0.2) is 0 Å². The molecule has 0 bridgehead atoms. The third kappa shape index (κ3) is 20.1. The lowest BCUT2D eigenvalue weighted by molar-refractivity contribution is -0.0113. The summed E-state index contributed by atoms with van der Waals surface area (Å²) in [6.45, 7) is 25.4. The Hall–Kier alpha value is -0.240. The fourth-order valence-corrected chi connectivity index (χ4v) is 3.11. The molecule has 3 N–H and O–H groups in total. The minimum Gasteiger partial charge on any atom is -0.381 e. The van der Waals surface area contributed by atoms with Crippen LogP contribution in [0, 0.1) is 11.8 Å². The Morgan fingerprint density at radius 2 is 1.16 bits per heavy atom. The quantitative estimate of drug-likeness (QED) is 0.249. The van der Waals surface area contributed by atoms with Crippen LogP contribution in [0.3, 0.4) is 0 Å². The predicted octanol–water partition coefficient (Wildman–Crippen LogP) is 3.84. The van der Waals surface area contributed by atoms with E-state index in [1.807, 2.05) is 0 Å². The molecule has 4 atom stereocenters. The van der Waals surface area contributed by atoms with Crippen LogP contribution in [0.25, 0.3) is 0 Å². The summed E-state index contributed by atoms with van der Waals surface area (Å²) in [6, 6.07) is 1.45. The van der Waals surface area contributed by atoms with E-state index in [1.54, 1.807) is 0 Å². The third-order valence-corrected chi connectivity index (χ3v) is 5.23. The first-order chi connectivity index (χ1) is 14.6. The van der Waals surface area contributed by atoms with Crippen molar-refractivity contribution in [2.75, 3.05) is 46.1 Å². The molecular weight excluding hydrogens is 390 g/mol. The van der Waals surface area contributed by atoms with E-state index in [9.17, 15) is 0 Å². The summed E-state index contributed by atoms with van der Waals surface area (Å²) in [4.78, 5) is 0.